The van der Waals surface area contributed by atoms with Crippen molar-refractivity contribution < 1.29 is 0 Å². The minimum absolute atomic E-state index is 0.755. The monoisotopic (exact) mass is 390 g/mol. The molecule has 26 heavy (non-hydrogen) atoms. The lowest BCUT2D eigenvalue weighted by Crippen LogP contribution is -2.39. The van der Waals surface area contributed by atoms with Crippen LogP contribution in [0.2, 0.25) is 0 Å². The molecule has 0 saturated carbocycles. The summed E-state index contributed by atoms with van der Waals surface area (Å²) in [5.74, 6) is 0. The number of hydrogen-bond acceptors (Lipinski definition) is 0. The molecule has 0 nitrogen and oxygen atoms in total. The van der Waals surface area contributed by atoms with Gasteiger partial charge in [-0.15, -0.1) is 0 Å². The third kappa shape index (κ3) is 3.44. The Kier molecular flexibility index (Phi) is 6.57. The molecule has 0 aromatic heterocycles. The summed E-state index contributed by atoms with van der Waals surface area (Å²) in [6.45, 7) is 20.2. The van der Waals surface area contributed by atoms with Crippen LogP contribution in [0.3, 0.4) is 0 Å². The molecule has 0 unspecified atom stereocenters. The Morgan fingerprint density at radius 2 is 0.885 bits per heavy atom. The molecule has 2 heteroatoms. The van der Waals surface area contributed by atoms with Crippen LogP contribution >= 0.6 is 14.5 Å². The standard InChI is InChI=1S/C24H40P2/c1-19-13-7-8-14-20(2)25(19,5)23-17-11-12-18-24(23)26(6)21(3)15-9-10-16-22(26)4/h11-12,17-22H,5-10,13-16H2,1-4H3/t19-,20-,21-,22-/m0/s1. The van der Waals surface area contributed by atoms with Gasteiger partial charge >= 0.3 is 0 Å². The average molecular weight is 391 g/mol. The normalized spacial score (nSPS) is 34.7. The van der Waals surface area contributed by atoms with Crippen LogP contribution in [0.15, 0.2) is 24.3 Å². The molecule has 0 N–H and O–H groups in total. The van der Waals surface area contributed by atoms with E-state index in [4.69, 9.17) is 13.3 Å². The fraction of sp³-hybridized carbons (Fsp3) is 0.667. The molecule has 4 atom stereocenters. The highest BCUT2D eigenvalue weighted by molar-refractivity contribution is 7.90. The van der Waals surface area contributed by atoms with Gasteiger partial charge < -0.3 is 0 Å². The van der Waals surface area contributed by atoms with Crippen molar-refractivity contribution in [2.45, 2.75) is 102 Å². The molecule has 2 fully saturated rings. The molecule has 1 aromatic rings. The summed E-state index contributed by atoms with van der Waals surface area (Å²) in [5, 5.41) is 3.34. The van der Waals surface area contributed by atoms with E-state index in [1.54, 1.807) is 10.6 Å². The van der Waals surface area contributed by atoms with Gasteiger partial charge in [0.2, 0.25) is 0 Å². The second-order valence-corrected chi connectivity index (χ2v) is 17.5. The van der Waals surface area contributed by atoms with Crippen LogP contribution in [0.4, 0.5) is 0 Å². The molecule has 0 spiro atoms. The quantitative estimate of drug-likeness (QED) is 0.368. The Labute approximate surface area is 164 Å². The Morgan fingerprint density at radius 3 is 1.15 bits per heavy atom. The van der Waals surface area contributed by atoms with E-state index in [0.29, 0.717) is 0 Å². The summed E-state index contributed by atoms with van der Waals surface area (Å²) >= 11 is 0. The largest absolute Gasteiger partial charge is 0.174 e. The predicted molar refractivity (Wildman–Crippen MR) is 125 cm³/mol. The highest BCUT2D eigenvalue weighted by Crippen LogP contribution is 2.72. The average Bonchev–Trinajstić information content (AvgIpc) is 2.85. The van der Waals surface area contributed by atoms with E-state index in [1.807, 2.05) is 0 Å². The van der Waals surface area contributed by atoms with Gasteiger partial charge in [0.05, 0.1) is 0 Å². The maximum Gasteiger partial charge on any atom is 0.104 e. The molecule has 0 radical (unpaired) electrons. The fourth-order valence-corrected chi connectivity index (χ4v) is 14.7. The van der Waals surface area contributed by atoms with E-state index in [0.717, 1.165) is 22.6 Å². The third-order valence-electron chi connectivity index (χ3n) is 7.91. The van der Waals surface area contributed by atoms with Gasteiger partial charge in [-0.3, -0.25) is 0 Å². The first-order valence-corrected chi connectivity index (χ1v) is 15.1. The molecular weight excluding hydrogens is 350 g/mol. The lowest BCUT2D eigenvalue weighted by molar-refractivity contribution is 0.662. The van der Waals surface area contributed by atoms with E-state index >= 15 is 0 Å². The molecule has 0 amide bonds. The van der Waals surface area contributed by atoms with E-state index < -0.39 is 14.5 Å². The molecule has 0 aliphatic carbocycles. The lowest BCUT2D eigenvalue weighted by atomic mass is 10.1. The molecule has 3 rings (SSSR count). The molecule has 146 valence electrons. The van der Waals surface area contributed by atoms with Crippen molar-refractivity contribution >= 4 is 25.1 Å². The summed E-state index contributed by atoms with van der Waals surface area (Å²) in [5.41, 5.74) is 3.02. The topological polar surface area (TPSA) is 0 Å². The van der Waals surface area contributed by atoms with Crippen LogP contribution in [0.25, 0.3) is 0 Å². The fourth-order valence-electron chi connectivity index (χ4n) is 5.67. The summed E-state index contributed by atoms with van der Waals surface area (Å²) in [7, 11) is -2.84. The van der Waals surface area contributed by atoms with Gasteiger partial charge in [-0.1, -0.05) is 26.7 Å². The van der Waals surface area contributed by atoms with Crippen molar-refractivity contribution in [3.63, 3.8) is 0 Å². The SMILES string of the molecule is [CH2-][P+]1(c2ccccc2[P+]2([CH2-])[C@@H](C)CCCC[C@@H]2C)[C@@H](C)CCCC[C@@H]1C. The summed E-state index contributed by atoms with van der Waals surface area (Å²) in [6, 6.07) is 9.53. The Hall–Kier alpha value is 0.0800. The van der Waals surface area contributed by atoms with Crippen molar-refractivity contribution in [3.8, 4) is 0 Å². The van der Waals surface area contributed by atoms with Crippen LogP contribution in [-0.2, 0) is 0 Å². The van der Waals surface area contributed by atoms with Crippen molar-refractivity contribution in [1.82, 2.24) is 0 Å². The Bertz CT molecular complexity index is 531. The van der Waals surface area contributed by atoms with Crippen molar-refractivity contribution in [1.29, 1.82) is 0 Å². The van der Waals surface area contributed by atoms with E-state index in [-0.39, 0.29) is 0 Å². The highest BCUT2D eigenvalue weighted by atomic mass is 31.2. The minimum Gasteiger partial charge on any atom is -0.174 e. The smallest absolute Gasteiger partial charge is 0.104 e. The predicted octanol–water partition coefficient (Wildman–Crippen LogP) is 7.26. The van der Waals surface area contributed by atoms with Crippen LogP contribution in [0.5, 0.6) is 0 Å². The zero-order valence-corrected chi connectivity index (χ0v) is 19.4. The van der Waals surface area contributed by atoms with Crippen molar-refractivity contribution in [3.05, 3.63) is 37.6 Å². The van der Waals surface area contributed by atoms with E-state index in [9.17, 15) is 0 Å². The molecule has 2 saturated heterocycles. The lowest BCUT2D eigenvalue weighted by Gasteiger charge is -2.45. The van der Waals surface area contributed by atoms with E-state index in [1.165, 1.54) is 51.4 Å². The van der Waals surface area contributed by atoms with Gasteiger partial charge in [-0.05, 0) is 91.2 Å². The molecular formula is C24H40P2. The number of hydrogen-bond donors (Lipinski definition) is 0. The Balaban J connectivity index is 2.16. The van der Waals surface area contributed by atoms with Crippen LogP contribution in [-0.4, -0.2) is 22.6 Å². The second-order valence-electron chi connectivity index (χ2n) is 9.31. The summed E-state index contributed by atoms with van der Waals surface area (Å²) < 4.78 is 0. The maximum atomic E-state index is 5.08. The van der Waals surface area contributed by atoms with Gasteiger partial charge in [-0.25, -0.2) is 0 Å². The van der Waals surface area contributed by atoms with Crippen LogP contribution in [0, 0.1) is 13.3 Å². The third-order valence-corrected chi connectivity index (χ3v) is 18.0. The highest BCUT2D eigenvalue weighted by Gasteiger charge is 2.48. The first-order valence-electron chi connectivity index (χ1n) is 10.9. The molecule has 0 bridgehead atoms. The second kappa shape index (κ2) is 8.21. The van der Waals surface area contributed by atoms with Crippen molar-refractivity contribution in [2.75, 3.05) is 0 Å². The van der Waals surface area contributed by atoms with Gasteiger partial charge in [-0.2, -0.15) is 13.3 Å². The molecule has 2 aliphatic heterocycles. The zero-order chi connectivity index (χ0) is 18.9. The summed E-state index contributed by atoms with van der Waals surface area (Å²) in [6.07, 6.45) is 11.0. The van der Waals surface area contributed by atoms with Gasteiger partial charge in [0.15, 0.2) is 0 Å². The number of rotatable bonds is 2. The van der Waals surface area contributed by atoms with E-state index in [2.05, 4.69) is 52.0 Å². The maximum absolute atomic E-state index is 5.08. The minimum atomic E-state index is -1.42. The van der Waals surface area contributed by atoms with Crippen LogP contribution < -0.4 is 10.6 Å². The number of benzene rings is 1. The Morgan fingerprint density at radius 1 is 0.615 bits per heavy atom. The van der Waals surface area contributed by atoms with Gasteiger partial charge in [0, 0.05) is 22.6 Å². The van der Waals surface area contributed by atoms with Crippen LogP contribution in [0.1, 0.15) is 79.1 Å². The molecule has 1 aromatic carbocycles. The van der Waals surface area contributed by atoms with Gasteiger partial charge in [0.25, 0.3) is 0 Å². The molecule has 2 heterocycles. The molecule has 2 aliphatic rings. The first-order chi connectivity index (χ1) is 12.3. The zero-order valence-electron chi connectivity index (χ0n) is 17.6. The summed E-state index contributed by atoms with van der Waals surface area (Å²) in [4.78, 5) is 0. The van der Waals surface area contributed by atoms with Gasteiger partial charge in [0.1, 0.15) is 10.6 Å². The first kappa shape index (κ1) is 20.8. The van der Waals surface area contributed by atoms with Crippen molar-refractivity contribution in [2.24, 2.45) is 0 Å².